The molecule has 1 aliphatic rings. The van der Waals surface area contributed by atoms with Gasteiger partial charge in [-0.3, -0.25) is 0 Å². The lowest BCUT2D eigenvalue weighted by molar-refractivity contribution is 0.219. The molecule has 0 saturated carbocycles. The SMILES string of the molecule is PNN1CCNCC1. The average molecular weight is 133 g/mol. The zero-order valence-electron chi connectivity index (χ0n) is 4.85. The molecule has 0 spiro atoms. The average Bonchev–Trinajstić information content (AvgIpc) is 1.90. The van der Waals surface area contributed by atoms with Gasteiger partial charge in [0.1, 0.15) is 0 Å². The molecule has 0 aromatic rings. The molecule has 1 heterocycles. The summed E-state index contributed by atoms with van der Waals surface area (Å²) in [6.45, 7) is 4.40. The van der Waals surface area contributed by atoms with E-state index in [9.17, 15) is 0 Å². The van der Waals surface area contributed by atoms with E-state index in [2.05, 4.69) is 24.9 Å². The molecule has 0 aliphatic carbocycles. The maximum atomic E-state index is 3.26. The Hall–Kier alpha value is 0.310. The van der Waals surface area contributed by atoms with Gasteiger partial charge in [-0.05, 0) is 0 Å². The second kappa shape index (κ2) is 3.36. The molecule has 1 aliphatic heterocycles. The number of rotatable bonds is 1. The number of piperazine rings is 1. The van der Waals surface area contributed by atoms with Gasteiger partial charge in [-0.1, -0.05) is 9.39 Å². The Kier molecular flexibility index (Phi) is 2.70. The zero-order chi connectivity index (χ0) is 5.82. The molecular formula is C4H12N3P. The fraction of sp³-hybridized carbons (Fsp3) is 1.00. The van der Waals surface area contributed by atoms with E-state index >= 15 is 0 Å². The summed E-state index contributed by atoms with van der Waals surface area (Å²) in [4.78, 5) is 0. The van der Waals surface area contributed by atoms with Gasteiger partial charge in [0, 0.05) is 26.2 Å². The number of nitrogens with zero attached hydrogens (tertiary/aromatic N) is 1. The van der Waals surface area contributed by atoms with Crippen molar-refractivity contribution in [1.29, 1.82) is 0 Å². The third kappa shape index (κ3) is 1.67. The maximum absolute atomic E-state index is 3.26. The fourth-order valence-corrected chi connectivity index (χ4v) is 1.05. The molecule has 0 aromatic heterocycles. The molecule has 0 radical (unpaired) electrons. The van der Waals surface area contributed by atoms with Gasteiger partial charge in [-0.15, -0.1) is 0 Å². The Labute approximate surface area is 52.0 Å². The lowest BCUT2D eigenvalue weighted by Crippen LogP contribution is -2.46. The highest BCUT2D eigenvalue weighted by atomic mass is 31.0. The normalized spacial score (nSPS) is 23.6. The van der Waals surface area contributed by atoms with E-state index in [1.807, 2.05) is 0 Å². The molecule has 1 saturated heterocycles. The molecule has 3 nitrogen and oxygen atoms in total. The third-order valence-electron chi connectivity index (χ3n) is 1.30. The Morgan fingerprint density at radius 3 is 2.38 bits per heavy atom. The summed E-state index contributed by atoms with van der Waals surface area (Å²) in [5, 5.41) is 8.44. The van der Waals surface area contributed by atoms with E-state index in [0.717, 1.165) is 26.2 Å². The Morgan fingerprint density at radius 2 is 2.00 bits per heavy atom. The van der Waals surface area contributed by atoms with Crippen LogP contribution in [0.1, 0.15) is 0 Å². The van der Waals surface area contributed by atoms with Gasteiger partial charge in [0.05, 0.1) is 0 Å². The monoisotopic (exact) mass is 133 g/mol. The van der Waals surface area contributed by atoms with Crippen molar-refractivity contribution in [2.24, 2.45) is 0 Å². The predicted octanol–water partition coefficient (Wildman–Crippen LogP) is -0.814. The summed E-state index contributed by atoms with van der Waals surface area (Å²) in [6.07, 6.45) is 0. The number of hydrogen-bond donors (Lipinski definition) is 2. The first kappa shape index (κ1) is 6.43. The minimum Gasteiger partial charge on any atom is -0.314 e. The highest BCUT2D eigenvalue weighted by Gasteiger charge is 2.04. The Morgan fingerprint density at radius 1 is 1.38 bits per heavy atom. The Bertz CT molecular complexity index is 62.3. The molecule has 8 heavy (non-hydrogen) atoms. The Balaban J connectivity index is 2.13. The lowest BCUT2D eigenvalue weighted by atomic mass is 10.4. The van der Waals surface area contributed by atoms with E-state index in [1.165, 1.54) is 0 Å². The molecular weight excluding hydrogens is 121 g/mol. The van der Waals surface area contributed by atoms with Crippen molar-refractivity contribution in [2.75, 3.05) is 26.2 Å². The fourth-order valence-electron chi connectivity index (χ4n) is 0.794. The summed E-state index contributed by atoms with van der Waals surface area (Å²) in [6, 6.07) is 0. The van der Waals surface area contributed by atoms with E-state index < -0.39 is 0 Å². The predicted molar refractivity (Wildman–Crippen MR) is 37.3 cm³/mol. The van der Waals surface area contributed by atoms with Crippen LogP contribution >= 0.6 is 9.39 Å². The summed E-state index contributed by atoms with van der Waals surface area (Å²) in [5.74, 6) is 0. The third-order valence-corrected chi connectivity index (χ3v) is 1.66. The first-order valence-corrected chi connectivity index (χ1v) is 3.43. The molecule has 1 unspecified atom stereocenters. The summed E-state index contributed by atoms with van der Waals surface area (Å²) in [5.41, 5.74) is 0. The maximum Gasteiger partial charge on any atom is 0.0259 e. The van der Waals surface area contributed by atoms with Gasteiger partial charge in [0.2, 0.25) is 0 Å². The van der Waals surface area contributed by atoms with Crippen molar-refractivity contribution in [3.05, 3.63) is 0 Å². The van der Waals surface area contributed by atoms with Gasteiger partial charge in [-0.2, -0.15) is 0 Å². The second-order valence-corrected chi connectivity index (χ2v) is 2.12. The van der Waals surface area contributed by atoms with Gasteiger partial charge in [-0.25, -0.2) is 10.2 Å². The minimum absolute atomic E-state index is 1.10. The van der Waals surface area contributed by atoms with Crippen LogP contribution in [0, 0.1) is 0 Å². The minimum atomic E-state index is 1.10. The highest BCUT2D eigenvalue weighted by molar-refractivity contribution is 7.13. The van der Waals surface area contributed by atoms with Gasteiger partial charge in [0.15, 0.2) is 0 Å². The van der Waals surface area contributed by atoms with Crippen LogP contribution in [0.4, 0.5) is 0 Å². The summed E-state index contributed by atoms with van der Waals surface area (Å²) < 4.78 is 0. The number of hydrogen-bond acceptors (Lipinski definition) is 3. The molecule has 1 fully saturated rings. The standard InChI is InChI=1S/C4H12N3P/c8-6-7-3-1-5-2-4-7/h5-6H,1-4,8H2. The van der Waals surface area contributed by atoms with E-state index in [0.29, 0.717) is 0 Å². The molecule has 48 valence electrons. The topological polar surface area (TPSA) is 27.3 Å². The van der Waals surface area contributed by atoms with Crippen LogP contribution in [0.15, 0.2) is 0 Å². The molecule has 1 atom stereocenters. The van der Waals surface area contributed by atoms with Crippen LogP contribution in [-0.4, -0.2) is 31.2 Å². The van der Waals surface area contributed by atoms with Crippen LogP contribution < -0.4 is 10.5 Å². The summed E-state index contributed by atoms with van der Waals surface area (Å²) in [7, 11) is 2.49. The molecule has 2 N–H and O–H groups in total. The van der Waals surface area contributed by atoms with Crippen LogP contribution in [-0.2, 0) is 0 Å². The lowest BCUT2D eigenvalue weighted by Gasteiger charge is -2.25. The largest absolute Gasteiger partial charge is 0.314 e. The van der Waals surface area contributed by atoms with Crippen molar-refractivity contribution < 1.29 is 0 Å². The van der Waals surface area contributed by atoms with E-state index in [-0.39, 0.29) is 0 Å². The number of nitrogens with one attached hydrogen (secondary N) is 2. The second-order valence-electron chi connectivity index (χ2n) is 1.87. The molecule has 0 amide bonds. The smallest absolute Gasteiger partial charge is 0.0259 e. The molecule has 0 bridgehead atoms. The van der Waals surface area contributed by atoms with Crippen LogP contribution in [0.2, 0.25) is 0 Å². The van der Waals surface area contributed by atoms with Crippen molar-refractivity contribution >= 4 is 9.39 Å². The van der Waals surface area contributed by atoms with Crippen molar-refractivity contribution in [2.45, 2.75) is 0 Å². The molecule has 1 rings (SSSR count). The zero-order valence-corrected chi connectivity index (χ0v) is 6.01. The van der Waals surface area contributed by atoms with Crippen molar-refractivity contribution in [3.8, 4) is 0 Å². The van der Waals surface area contributed by atoms with Gasteiger partial charge >= 0.3 is 0 Å². The first-order chi connectivity index (χ1) is 3.93. The number of hydrazine groups is 1. The van der Waals surface area contributed by atoms with Crippen LogP contribution in [0.25, 0.3) is 0 Å². The van der Waals surface area contributed by atoms with Crippen LogP contribution in [0.5, 0.6) is 0 Å². The molecule has 4 heteroatoms. The van der Waals surface area contributed by atoms with Crippen LogP contribution in [0.3, 0.4) is 0 Å². The van der Waals surface area contributed by atoms with Gasteiger partial charge < -0.3 is 5.32 Å². The quantitative estimate of drug-likeness (QED) is 0.458. The highest BCUT2D eigenvalue weighted by Crippen LogP contribution is 1.87. The van der Waals surface area contributed by atoms with Gasteiger partial charge in [0.25, 0.3) is 0 Å². The first-order valence-electron chi connectivity index (χ1n) is 2.85. The van der Waals surface area contributed by atoms with E-state index in [4.69, 9.17) is 0 Å². The molecule has 0 aromatic carbocycles. The van der Waals surface area contributed by atoms with E-state index in [1.54, 1.807) is 0 Å². The van der Waals surface area contributed by atoms with Crippen molar-refractivity contribution in [3.63, 3.8) is 0 Å². The van der Waals surface area contributed by atoms with Crippen molar-refractivity contribution in [1.82, 2.24) is 15.5 Å². The summed E-state index contributed by atoms with van der Waals surface area (Å²) >= 11 is 0.